The van der Waals surface area contributed by atoms with Crippen LogP contribution in [-0.4, -0.2) is 25.3 Å². The molecule has 4 nitrogen and oxygen atoms in total. The summed E-state index contributed by atoms with van der Waals surface area (Å²) < 4.78 is 10.7. The molecule has 3 N–H and O–H groups in total. The number of ether oxygens (including phenoxy) is 1. The second-order valence-electron chi connectivity index (χ2n) is 3.55. The first kappa shape index (κ1) is 14.6. The van der Waals surface area contributed by atoms with Gasteiger partial charge < -0.3 is 20.1 Å². The Morgan fingerprint density at radius 3 is 2.88 bits per heavy atom. The van der Waals surface area contributed by atoms with Crippen LogP contribution in [0.25, 0.3) is 0 Å². The zero-order chi connectivity index (χ0) is 11.7. The van der Waals surface area contributed by atoms with E-state index in [4.69, 9.17) is 26.7 Å². The molecule has 1 aromatic rings. The largest absolute Gasteiger partial charge is 0.495 e. The first-order valence-electron chi connectivity index (χ1n) is 5.17. The van der Waals surface area contributed by atoms with E-state index in [1.54, 1.807) is 12.1 Å². The number of hydrogen-bond acceptors (Lipinski definition) is 4. The topological polar surface area (TPSA) is 64.7 Å². The second-order valence-corrected chi connectivity index (χ2v) is 3.99. The predicted molar refractivity (Wildman–Crippen MR) is 70.4 cm³/mol. The fourth-order valence-electron chi connectivity index (χ4n) is 1.90. The van der Waals surface area contributed by atoms with Crippen LogP contribution in [0.1, 0.15) is 18.6 Å². The molecule has 1 unspecified atom stereocenters. The summed E-state index contributed by atoms with van der Waals surface area (Å²) in [5.74, 6) is 0.563. The fraction of sp³-hybridized carbons (Fsp3) is 0.400. The van der Waals surface area contributed by atoms with Crippen molar-refractivity contribution in [3.8, 4) is 5.75 Å². The molecule has 1 aromatic carbocycles. The second kappa shape index (κ2) is 5.93. The van der Waals surface area contributed by atoms with Crippen molar-refractivity contribution in [3.05, 3.63) is 22.7 Å². The molecule has 0 amide bonds. The number of nitrogens with two attached hydrogens (primary N) is 1. The summed E-state index contributed by atoms with van der Waals surface area (Å²) in [7, 11) is -0.984. The Labute approximate surface area is 112 Å². The van der Waals surface area contributed by atoms with Crippen molar-refractivity contribution in [2.45, 2.75) is 13.0 Å². The van der Waals surface area contributed by atoms with E-state index in [-0.39, 0.29) is 18.5 Å². The van der Waals surface area contributed by atoms with Gasteiger partial charge in [-0.2, -0.15) is 0 Å². The van der Waals surface area contributed by atoms with Crippen molar-refractivity contribution in [1.29, 1.82) is 0 Å². The van der Waals surface area contributed by atoms with Crippen LogP contribution < -0.4 is 15.9 Å². The van der Waals surface area contributed by atoms with Gasteiger partial charge in [0.1, 0.15) is 5.75 Å². The summed E-state index contributed by atoms with van der Waals surface area (Å²) in [4.78, 5) is 0. The maximum absolute atomic E-state index is 9.78. The Morgan fingerprint density at radius 2 is 2.29 bits per heavy atom. The molecule has 0 spiro atoms. The lowest BCUT2D eigenvalue weighted by molar-refractivity contribution is 0.198. The van der Waals surface area contributed by atoms with Crippen LogP contribution in [0, 0.1) is 0 Å². The molecular formula is C10H14BCl2NO3. The normalized spacial score (nSPS) is 17.6. The van der Waals surface area contributed by atoms with Gasteiger partial charge in [-0.1, -0.05) is 11.6 Å². The third-order valence-electron chi connectivity index (χ3n) is 2.54. The van der Waals surface area contributed by atoms with E-state index < -0.39 is 7.12 Å². The van der Waals surface area contributed by atoms with Gasteiger partial charge in [0.2, 0.25) is 0 Å². The van der Waals surface area contributed by atoms with Gasteiger partial charge in [0.05, 0.1) is 12.7 Å². The Balaban J connectivity index is 0.00000144. The molecule has 0 fully saturated rings. The van der Waals surface area contributed by atoms with E-state index in [1.165, 1.54) is 0 Å². The molecule has 0 aliphatic carbocycles. The molecule has 1 heterocycles. The number of benzene rings is 1. The first-order chi connectivity index (χ1) is 7.67. The molecule has 0 saturated heterocycles. The minimum absolute atomic E-state index is 0. The van der Waals surface area contributed by atoms with Gasteiger partial charge in [-0.3, -0.25) is 0 Å². The van der Waals surface area contributed by atoms with Gasteiger partial charge in [-0.05, 0) is 24.6 Å². The fourth-order valence-corrected chi connectivity index (χ4v) is 2.11. The molecular weight excluding hydrogens is 264 g/mol. The lowest BCUT2D eigenvalue weighted by Crippen LogP contribution is -2.30. The zero-order valence-electron chi connectivity index (χ0n) is 9.35. The maximum atomic E-state index is 9.78. The smallest absolute Gasteiger partial charge is 0.494 e. The Kier molecular flexibility index (Phi) is 5.10. The molecule has 17 heavy (non-hydrogen) atoms. The van der Waals surface area contributed by atoms with Gasteiger partial charge in [-0.15, -0.1) is 12.4 Å². The van der Waals surface area contributed by atoms with Crippen LogP contribution in [0.4, 0.5) is 0 Å². The van der Waals surface area contributed by atoms with Crippen molar-refractivity contribution in [1.82, 2.24) is 0 Å². The van der Waals surface area contributed by atoms with E-state index in [1.807, 2.05) is 6.92 Å². The van der Waals surface area contributed by atoms with Crippen LogP contribution in [0.2, 0.25) is 5.02 Å². The number of hydrogen-bond donors (Lipinski definition) is 2. The van der Waals surface area contributed by atoms with E-state index in [9.17, 15) is 5.02 Å². The van der Waals surface area contributed by atoms with Crippen LogP contribution in [0.3, 0.4) is 0 Å². The highest BCUT2D eigenvalue weighted by atomic mass is 35.5. The molecule has 0 radical (unpaired) electrons. The van der Waals surface area contributed by atoms with Gasteiger partial charge in [0, 0.05) is 17.0 Å². The van der Waals surface area contributed by atoms with Gasteiger partial charge in [-0.25, -0.2) is 0 Å². The lowest BCUT2D eigenvalue weighted by atomic mass is 9.78. The van der Waals surface area contributed by atoms with Gasteiger partial charge >= 0.3 is 7.12 Å². The molecule has 0 aromatic heterocycles. The zero-order valence-corrected chi connectivity index (χ0v) is 10.9. The Morgan fingerprint density at radius 1 is 1.59 bits per heavy atom. The van der Waals surface area contributed by atoms with E-state index in [2.05, 4.69) is 0 Å². The summed E-state index contributed by atoms with van der Waals surface area (Å²) in [5.41, 5.74) is 7.02. The van der Waals surface area contributed by atoms with Crippen LogP contribution in [-0.2, 0) is 4.65 Å². The summed E-state index contributed by atoms with van der Waals surface area (Å²) in [6, 6.07) is 3.43. The van der Waals surface area contributed by atoms with Crippen molar-refractivity contribution >= 4 is 36.6 Å². The molecule has 7 heteroatoms. The molecule has 2 rings (SSSR count). The van der Waals surface area contributed by atoms with Gasteiger partial charge in [0.15, 0.2) is 0 Å². The molecule has 0 saturated carbocycles. The number of halogens is 2. The summed E-state index contributed by atoms with van der Waals surface area (Å²) in [5, 5.41) is 10.3. The average Bonchev–Trinajstić information content (AvgIpc) is 2.55. The van der Waals surface area contributed by atoms with E-state index in [0.29, 0.717) is 29.4 Å². The highest BCUT2D eigenvalue weighted by molar-refractivity contribution is 6.63. The minimum atomic E-state index is -0.984. The monoisotopic (exact) mass is 277 g/mol. The van der Waals surface area contributed by atoms with E-state index >= 15 is 0 Å². The maximum Gasteiger partial charge on any atom is 0.495 e. The van der Waals surface area contributed by atoms with E-state index in [0.717, 1.165) is 5.56 Å². The van der Waals surface area contributed by atoms with Crippen molar-refractivity contribution in [2.24, 2.45) is 5.73 Å². The minimum Gasteiger partial charge on any atom is -0.494 e. The highest BCUT2D eigenvalue weighted by Crippen LogP contribution is 2.30. The summed E-state index contributed by atoms with van der Waals surface area (Å²) in [6.07, 6.45) is -0.317. The Hall–Kier alpha value is -0.455. The summed E-state index contributed by atoms with van der Waals surface area (Å²) >= 11 is 5.98. The number of fused-ring (bicyclic) bond motifs is 1. The van der Waals surface area contributed by atoms with Crippen molar-refractivity contribution in [2.75, 3.05) is 13.2 Å². The summed E-state index contributed by atoms with van der Waals surface area (Å²) in [6.45, 7) is 2.68. The first-order valence-corrected chi connectivity index (χ1v) is 5.55. The Bertz CT molecular complexity index is 405. The molecule has 1 atom stereocenters. The van der Waals surface area contributed by atoms with Crippen LogP contribution in [0.15, 0.2) is 12.1 Å². The molecule has 0 bridgehead atoms. The van der Waals surface area contributed by atoms with Crippen LogP contribution >= 0.6 is 24.0 Å². The third kappa shape index (κ3) is 2.69. The van der Waals surface area contributed by atoms with Crippen molar-refractivity contribution < 1.29 is 14.4 Å². The molecule has 1 aliphatic rings. The highest BCUT2D eigenvalue weighted by Gasteiger charge is 2.37. The van der Waals surface area contributed by atoms with Gasteiger partial charge in [0.25, 0.3) is 0 Å². The van der Waals surface area contributed by atoms with Crippen molar-refractivity contribution in [3.63, 3.8) is 0 Å². The lowest BCUT2D eigenvalue weighted by Gasteiger charge is -2.11. The molecule has 1 aliphatic heterocycles. The molecule has 94 valence electrons. The average molecular weight is 278 g/mol. The quantitative estimate of drug-likeness (QED) is 0.805. The number of rotatable bonds is 3. The predicted octanol–water partition coefficient (Wildman–Crippen LogP) is 0.878. The third-order valence-corrected chi connectivity index (χ3v) is 2.76. The van der Waals surface area contributed by atoms with Crippen LogP contribution in [0.5, 0.6) is 5.75 Å². The SMILES string of the molecule is CCOc1cc(Cl)cc2c1B(O)OC2CN.Cl. The standard InChI is InChI=1S/C10H13BClNO3.ClH/c1-2-15-8-4-6(12)3-7-9(5-13)16-11(14)10(7)8;/h3-4,9,14H,2,5,13H2,1H3;1H.